The Morgan fingerprint density at radius 1 is 1.19 bits per heavy atom. The number of carbonyl (C=O) groups excluding carboxylic acids is 1. The highest BCUT2D eigenvalue weighted by molar-refractivity contribution is 7.98. The number of nitrogens with zero attached hydrogens (tertiary/aromatic N) is 2. The molecule has 0 radical (unpaired) electrons. The number of carbonyl (C=O) groups is 1. The largest absolute Gasteiger partial charge is 0.418 e. The first-order chi connectivity index (χ1) is 12.4. The van der Waals surface area contributed by atoms with Crippen molar-refractivity contribution in [2.75, 3.05) is 11.6 Å². The zero-order valence-electron chi connectivity index (χ0n) is 13.4. The van der Waals surface area contributed by atoms with Crippen LogP contribution < -0.4 is 5.32 Å². The zero-order valence-corrected chi connectivity index (χ0v) is 15.0. The van der Waals surface area contributed by atoms with E-state index in [1.807, 2.05) is 30.5 Å². The molecule has 0 atom stereocenters. The van der Waals surface area contributed by atoms with Crippen molar-refractivity contribution >= 4 is 34.1 Å². The molecule has 0 fully saturated rings. The van der Waals surface area contributed by atoms with E-state index in [4.69, 9.17) is 0 Å². The molecule has 1 N–H and O–H groups in total. The molecule has 0 aliphatic carbocycles. The van der Waals surface area contributed by atoms with Crippen LogP contribution in [0.3, 0.4) is 0 Å². The van der Waals surface area contributed by atoms with Crippen molar-refractivity contribution in [2.45, 2.75) is 11.1 Å². The van der Waals surface area contributed by atoms with Crippen molar-refractivity contribution in [1.29, 1.82) is 0 Å². The van der Waals surface area contributed by atoms with E-state index in [2.05, 4.69) is 15.3 Å². The molecule has 26 heavy (non-hydrogen) atoms. The van der Waals surface area contributed by atoms with Gasteiger partial charge in [0.1, 0.15) is 5.69 Å². The molecule has 0 aliphatic heterocycles. The van der Waals surface area contributed by atoms with Crippen LogP contribution in [0, 0.1) is 0 Å². The highest BCUT2D eigenvalue weighted by Gasteiger charge is 2.36. The summed E-state index contributed by atoms with van der Waals surface area (Å²) in [4.78, 5) is 21.1. The van der Waals surface area contributed by atoms with Gasteiger partial charge in [-0.3, -0.25) is 15.1 Å². The number of hydrogen-bond acceptors (Lipinski definition) is 5. The minimum absolute atomic E-state index is 0.206. The van der Waals surface area contributed by atoms with Gasteiger partial charge < -0.3 is 0 Å². The van der Waals surface area contributed by atoms with Crippen LogP contribution in [0.15, 0.2) is 52.9 Å². The van der Waals surface area contributed by atoms with Gasteiger partial charge in [-0.05, 0) is 30.5 Å². The van der Waals surface area contributed by atoms with E-state index in [-0.39, 0.29) is 5.13 Å². The Kier molecular flexibility index (Phi) is 5.28. The van der Waals surface area contributed by atoms with Crippen molar-refractivity contribution in [3.05, 3.63) is 59.2 Å². The number of thioether (sulfide) groups is 1. The van der Waals surface area contributed by atoms with E-state index in [1.54, 1.807) is 17.1 Å². The number of benzene rings is 1. The van der Waals surface area contributed by atoms with Crippen molar-refractivity contribution < 1.29 is 18.0 Å². The second kappa shape index (κ2) is 7.46. The smallest absolute Gasteiger partial charge is 0.296 e. The zero-order chi connectivity index (χ0) is 18.7. The highest BCUT2D eigenvalue weighted by atomic mass is 32.2. The lowest BCUT2D eigenvalue weighted by Gasteiger charge is -2.10. The molecule has 0 saturated heterocycles. The molecule has 0 aliphatic rings. The third kappa shape index (κ3) is 4.05. The molecule has 0 unspecified atom stereocenters. The molecule has 1 amide bonds. The Hall–Kier alpha value is -2.39. The molecule has 3 rings (SSSR count). The minimum atomic E-state index is -4.66. The number of halogens is 3. The molecule has 2 heterocycles. The second-order valence-electron chi connectivity index (χ2n) is 5.12. The normalized spacial score (nSPS) is 11.4. The summed E-state index contributed by atoms with van der Waals surface area (Å²) in [6.45, 7) is 0. The lowest BCUT2D eigenvalue weighted by Crippen LogP contribution is -2.20. The van der Waals surface area contributed by atoms with E-state index in [0.29, 0.717) is 5.69 Å². The molecule has 2 aromatic heterocycles. The van der Waals surface area contributed by atoms with Crippen molar-refractivity contribution in [1.82, 2.24) is 9.97 Å². The lowest BCUT2D eigenvalue weighted by molar-refractivity contribution is -0.138. The number of anilines is 1. The van der Waals surface area contributed by atoms with E-state index < -0.39 is 23.3 Å². The molecule has 0 saturated carbocycles. The number of rotatable bonds is 4. The van der Waals surface area contributed by atoms with E-state index >= 15 is 0 Å². The van der Waals surface area contributed by atoms with E-state index in [1.165, 1.54) is 0 Å². The maximum atomic E-state index is 13.0. The number of amides is 1. The monoisotopic (exact) mass is 395 g/mol. The standard InChI is InChI=1S/C17H12F3N3OS2/c1-25-11-6-4-10(5-7-11)13-9-26-16(22-13)23-15(24)14-12(17(18,19)20)3-2-8-21-14/h2-9H,1H3,(H,22,23,24). The molecule has 0 spiro atoms. The van der Waals surface area contributed by atoms with Crippen LogP contribution in [-0.2, 0) is 6.18 Å². The average Bonchev–Trinajstić information content (AvgIpc) is 3.09. The summed E-state index contributed by atoms with van der Waals surface area (Å²) in [6, 6.07) is 9.64. The van der Waals surface area contributed by atoms with Gasteiger partial charge >= 0.3 is 6.18 Å². The summed E-state index contributed by atoms with van der Waals surface area (Å²) in [5.41, 5.74) is -0.272. The van der Waals surface area contributed by atoms with Gasteiger partial charge in [0.25, 0.3) is 5.91 Å². The fourth-order valence-electron chi connectivity index (χ4n) is 2.20. The third-order valence-corrected chi connectivity index (χ3v) is 4.94. The Bertz CT molecular complexity index is 924. The Morgan fingerprint density at radius 2 is 1.92 bits per heavy atom. The maximum absolute atomic E-state index is 13.0. The van der Waals surface area contributed by atoms with Crippen LogP contribution in [0.2, 0.25) is 0 Å². The maximum Gasteiger partial charge on any atom is 0.418 e. The second-order valence-corrected chi connectivity index (χ2v) is 6.86. The van der Waals surface area contributed by atoms with Crippen LogP contribution in [0.1, 0.15) is 16.1 Å². The third-order valence-electron chi connectivity index (χ3n) is 3.44. The minimum Gasteiger partial charge on any atom is -0.296 e. The fraction of sp³-hybridized carbons (Fsp3) is 0.118. The van der Waals surface area contributed by atoms with Gasteiger partial charge in [0.05, 0.1) is 11.3 Å². The van der Waals surface area contributed by atoms with E-state index in [0.717, 1.165) is 40.1 Å². The summed E-state index contributed by atoms with van der Waals surface area (Å²) in [6.07, 6.45) is -1.54. The topological polar surface area (TPSA) is 54.9 Å². The summed E-state index contributed by atoms with van der Waals surface area (Å²) in [5.74, 6) is -0.948. The Labute approximate surface area is 155 Å². The van der Waals surface area contributed by atoms with Crippen LogP contribution in [0.4, 0.5) is 18.3 Å². The quantitative estimate of drug-likeness (QED) is 0.617. The molecule has 0 bridgehead atoms. The predicted octanol–water partition coefficient (Wildman–Crippen LogP) is 5.20. The molecule has 3 aromatic rings. The van der Waals surface area contributed by atoms with Gasteiger partial charge in [0, 0.05) is 22.0 Å². The van der Waals surface area contributed by atoms with Gasteiger partial charge in [-0.15, -0.1) is 23.1 Å². The molecular formula is C17H12F3N3OS2. The molecule has 9 heteroatoms. The van der Waals surface area contributed by atoms with Gasteiger partial charge in [-0.25, -0.2) is 4.98 Å². The number of hydrogen-bond donors (Lipinski definition) is 1. The Balaban J connectivity index is 1.80. The van der Waals surface area contributed by atoms with Gasteiger partial charge in [-0.2, -0.15) is 13.2 Å². The first-order valence-electron chi connectivity index (χ1n) is 7.32. The summed E-state index contributed by atoms with van der Waals surface area (Å²) < 4.78 is 39.0. The molecular weight excluding hydrogens is 383 g/mol. The average molecular weight is 395 g/mol. The molecule has 4 nitrogen and oxygen atoms in total. The SMILES string of the molecule is CSc1ccc(-c2csc(NC(=O)c3ncccc3C(F)(F)F)n2)cc1. The summed E-state index contributed by atoms with van der Waals surface area (Å²) in [5, 5.41) is 4.32. The lowest BCUT2D eigenvalue weighted by atomic mass is 10.2. The molecule has 1 aromatic carbocycles. The van der Waals surface area contributed by atoms with Crippen molar-refractivity contribution in [3.8, 4) is 11.3 Å². The summed E-state index contributed by atoms with van der Waals surface area (Å²) >= 11 is 2.75. The number of pyridine rings is 1. The van der Waals surface area contributed by atoms with Crippen LogP contribution in [0.25, 0.3) is 11.3 Å². The first kappa shape index (κ1) is 18.4. The fourth-order valence-corrected chi connectivity index (χ4v) is 3.32. The number of thiazole rings is 1. The van der Waals surface area contributed by atoms with Crippen LogP contribution in [-0.4, -0.2) is 22.1 Å². The van der Waals surface area contributed by atoms with Gasteiger partial charge in [-0.1, -0.05) is 12.1 Å². The van der Waals surface area contributed by atoms with E-state index in [9.17, 15) is 18.0 Å². The van der Waals surface area contributed by atoms with Crippen LogP contribution >= 0.6 is 23.1 Å². The Morgan fingerprint density at radius 3 is 2.58 bits per heavy atom. The van der Waals surface area contributed by atoms with Crippen molar-refractivity contribution in [2.24, 2.45) is 0 Å². The van der Waals surface area contributed by atoms with Crippen LogP contribution in [0.5, 0.6) is 0 Å². The highest BCUT2D eigenvalue weighted by Crippen LogP contribution is 2.32. The number of nitrogens with one attached hydrogen (secondary N) is 1. The first-order valence-corrected chi connectivity index (χ1v) is 9.42. The predicted molar refractivity (Wildman–Crippen MR) is 96.5 cm³/mol. The molecule has 134 valence electrons. The number of alkyl halides is 3. The number of aromatic nitrogens is 2. The van der Waals surface area contributed by atoms with Gasteiger partial charge in [0.15, 0.2) is 5.13 Å². The summed E-state index contributed by atoms with van der Waals surface area (Å²) in [7, 11) is 0. The van der Waals surface area contributed by atoms with Gasteiger partial charge in [0.2, 0.25) is 0 Å². The van der Waals surface area contributed by atoms with Crippen molar-refractivity contribution in [3.63, 3.8) is 0 Å².